The standard InChI is InChI=1S/C5H2Cl2N2O/c6-4-1-3(2-10)8-5(7)9-4/h1-2H. The number of carbonyl (C=O) groups is 1. The van der Waals surface area contributed by atoms with Crippen LogP contribution in [0.25, 0.3) is 0 Å². The zero-order valence-corrected chi connectivity index (χ0v) is 6.23. The molecule has 0 spiro atoms. The molecule has 0 amide bonds. The summed E-state index contributed by atoms with van der Waals surface area (Å²) >= 11 is 10.8. The topological polar surface area (TPSA) is 42.9 Å². The molecule has 10 heavy (non-hydrogen) atoms. The summed E-state index contributed by atoms with van der Waals surface area (Å²) in [6.45, 7) is 0. The Bertz CT molecular complexity index is 244. The van der Waals surface area contributed by atoms with Crippen molar-refractivity contribution in [2.45, 2.75) is 0 Å². The van der Waals surface area contributed by atoms with Gasteiger partial charge in [0.05, 0.1) is 0 Å². The molecule has 5 heteroatoms. The highest BCUT2D eigenvalue weighted by Gasteiger charge is 1.97. The molecule has 52 valence electrons. The number of hydrogen-bond donors (Lipinski definition) is 0. The van der Waals surface area contributed by atoms with Crippen molar-refractivity contribution in [3.63, 3.8) is 0 Å². The highest BCUT2D eigenvalue weighted by molar-refractivity contribution is 6.32. The van der Waals surface area contributed by atoms with Gasteiger partial charge in [0.15, 0.2) is 6.29 Å². The second kappa shape index (κ2) is 2.94. The van der Waals surface area contributed by atoms with Crippen molar-refractivity contribution in [1.82, 2.24) is 9.97 Å². The van der Waals surface area contributed by atoms with E-state index >= 15 is 0 Å². The number of rotatable bonds is 1. The smallest absolute Gasteiger partial charge is 0.224 e. The Kier molecular flexibility index (Phi) is 2.19. The summed E-state index contributed by atoms with van der Waals surface area (Å²) in [4.78, 5) is 17.2. The molecule has 0 aliphatic rings. The average molecular weight is 177 g/mol. The van der Waals surface area contributed by atoms with Gasteiger partial charge >= 0.3 is 0 Å². The van der Waals surface area contributed by atoms with Crippen LogP contribution in [0.1, 0.15) is 10.5 Å². The third kappa shape index (κ3) is 1.65. The minimum Gasteiger partial charge on any atom is -0.296 e. The first-order chi connectivity index (χ1) is 4.72. The predicted molar refractivity (Wildman–Crippen MR) is 37.4 cm³/mol. The number of halogens is 2. The molecule has 0 aromatic carbocycles. The molecular formula is C5H2Cl2N2O. The highest BCUT2D eigenvalue weighted by Crippen LogP contribution is 2.08. The second-order valence-corrected chi connectivity index (χ2v) is 2.23. The Morgan fingerprint density at radius 1 is 1.40 bits per heavy atom. The Morgan fingerprint density at radius 2 is 2.10 bits per heavy atom. The molecule has 1 aromatic rings. The lowest BCUT2D eigenvalue weighted by atomic mass is 10.4. The maximum absolute atomic E-state index is 10.1. The Hall–Kier alpha value is -0.670. The third-order valence-electron chi connectivity index (χ3n) is 0.808. The molecule has 3 nitrogen and oxygen atoms in total. The first-order valence-corrected chi connectivity index (χ1v) is 3.13. The van der Waals surface area contributed by atoms with E-state index in [1.54, 1.807) is 0 Å². The predicted octanol–water partition coefficient (Wildman–Crippen LogP) is 1.60. The summed E-state index contributed by atoms with van der Waals surface area (Å²) in [5.74, 6) is 0. The summed E-state index contributed by atoms with van der Waals surface area (Å²) < 4.78 is 0. The van der Waals surface area contributed by atoms with E-state index in [0.717, 1.165) is 0 Å². The lowest BCUT2D eigenvalue weighted by Gasteiger charge is -1.91. The zero-order valence-electron chi connectivity index (χ0n) is 4.71. The number of carbonyl (C=O) groups excluding carboxylic acids is 1. The van der Waals surface area contributed by atoms with Gasteiger partial charge in [0.25, 0.3) is 0 Å². The maximum atomic E-state index is 10.1. The molecule has 1 heterocycles. The molecule has 1 aromatic heterocycles. The molecule has 0 saturated heterocycles. The van der Waals surface area contributed by atoms with Crippen molar-refractivity contribution in [2.75, 3.05) is 0 Å². The van der Waals surface area contributed by atoms with Gasteiger partial charge in [-0.25, -0.2) is 9.97 Å². The van der Waals surface area contributed by atoms with E-state index in [2.05, 4.69) is 9.97 Å². The lowest BCUT2D eigenvalue weighted by Crippen LogP contribution is -1.89. The van der Waals surface area contributed by atoms with Gasteiger partial charge in [-0.1, -0.05) is 11.6 Å². The summed E-state index contributed by atoms with van der Waals surface area (Å²) in [7, 11) is 0. The van der Waals surface area contributed by atoms with Crippen molar-refractivity contribution in [3.05, 3.63) is 22.2 Å². The van der Waals surface area contributed by atoms with Gasteiger partial charge in [-0.3, -0.25) is 4.79 Å². The molecule has 0 atom stereocenters. The van der Waals surface area contributed by atoms with Gasteiger partial charge in [0, 0.05) is 6.07 Å². The lowest BCUT2D eigenvalue weighted by molar-refractivity contribution is 0.111. The molecule has 0 radical (unpaired) electrons. The number of aromatic nitrogens is 2. The van der Waals surface area contributed by atoms with Crippen molar-refractivity contribution in [3.8, 4) is 0 Å². The first-order valence-electron chi connectivity index (χ1n) is 2.37. The van der Waals surface area contributed by atoms with Crippen LogP contribution < -0.4 is 0 Å². The van der Waals surface area contributed by atoms with Gasteiger partial charge in [-0.05, 0) is 11.6 Å². The molecule has 0 fully saturated rings. The molecular weight excluding hydrogens is 175 g/mol. The Labute approximate surface area is 67.0 Å². The number of hydrogen-bond acceptors (Lipinski definition) is 3. The van der Waals surface area contributed by atoms with Crippen LogP contribution in [0.15, 0.2) is 6.07 Å². The van der Waals surface area contributed by atoms with Gasteiger partial charge in [-0.2, -0.15) is 0 Å². The Balaban J connectivity index is 3.18. The highest BCUT2D eigenvalue weighted by atomic mass is 35.5. The molecule has 0 N–H and O–H groups in total. The van der Waals surface area contributed by atoms with Crippen LogP contribution in [-0.4, -0.2) is 16.3 Å². The fourth-order valence-electron chi connectivity index (χ4n) is 0.467. The van der Waals surface area contributed by atoms with Crippen LogP contribution in [0.3, 0.4) is 0 Å². The second-order valence-electron chi connectivity index (χ2n) is 1.50. The normalized spacial score (nSPS) is 9.40. The van der Waals surface area contributed by atoms with E-state index in [4.69, 9.17) is 23.2 Å². The number of aldehydes is 1. The average Bonchev–Trinajstić information content (AvgIpc) is 1.85. The van der Waals surface area contributed by atoms with Crippen LogP contribution in [0.4, 0.5) is 0 Å². The summed E-state index contributed by atoms with van der Waals surface area (Å²) in [5.41, 5.74) is 0.185. The van der Waals surface area contributed by atoms with Crippen LogP contribution in [0.5, 0.6) is 0 Å². The summed E-state index contributed by atoms with van der Waals surface area (Å²) in [6, 6.07) is 1.33. The van der Waals surface area contributed by atoms with Crippen molar-refractivity contribution >= 4 is 29.5 Å². The van der Waals surface area contributed by atoms with E-state index < -0.39 is 0 Å². The molecule has 0 aliphatic heterocycles. The van der Waals surface area contributed by atoms with E-state index in [-0.39, 0.29) is 16.1 Å². The van der Waals surface area contributed by atoms with Gasteiger partial charge in [0.1, 0.15) is 10.8 Å². The van der Waals surface area contributed by atoms with E-state index in [1.807, 2.05) is 0 Å². The van der Waals surface area contributed by atoms with Gasteiger partial charge in [0.2, 0.25) is 5.28 Å². The SMILES string of the molecule is O=Cc1cc(Cl)nc(Cl)n1. The van der Waals surface area contributed by atoms with Gasteiger partial charge < -0.3 is 0 Å². The van der Waals surface area contributed by atoms with E-state index in [1.165, 1.54) is 6.07 Å². The van der Waals surface area contributed by atoms with Crippen LogP contribution in [0.2, 0.25) is 10.4 Å². The van der Waals surface area contributed by atoms with Crippen molar-refractivity contribution < 1.29 is 4.79 Å². The minimum atomic E-state index is -0.0189. The van der Waals surface area contributed by atoms with Gasteiger partial charge in [-0.15, -0.1) is 0 Å². The van der Waals surface area contributed by atoms with Crippen LogP contribution in [0, 0.1) is 0 Å². The van der Waals surface area contributed by atoms with E-state index in [0.29, 0.717) is 6.29 Å². The Morgan fingerprint density at radius 3 is 2.60 bits per heavy atom. The molecule has 0 bridgehead atoms. The van der Waals surface area contributed by atoms with Crippen LogP contribution >= 0.6 is 23.2 Å². The van der Waals surface area contributed by atoms with E-state index in [9.17, 15) is 4.79 Å². The quantitative estimate of drug-likeness (QED) is 0.371. The van der Waals surface area contributed by atoms with Crippen molar-refractivity contribution in [2.24, 2.45) is 0 Å². The monoisotopic (exact) mass is 176 g/mol. The first kappa shape index (κ1) is 7.44. The molecule has 0 unspecified atom stereocenters. The maximum Gasteiger partial charge on any atom is 0.224 e. The molecule has 1 rings (SSSR count). The molecule has 0 aliphatic carbocycles. The fourth-order valence-corrected chi connectivity index (χ4v) is 0.890. The van der Waals surface area contributed by atoms with Crippen LogP contribution in [-0.2, 0) is 0 Å². The minimum absolute atomic E-state index is 0.0189. The summed E-state index contributed by atoms with van der Waals surface area (Å²) in [5, 5.41) is 0.150. The van der Waals surface area contributed by atoms with Crippen molar-refractivity contribution in [1.29, 1.82) is 0 Å². The fraction of sp³-hybridized carbons (Fsp3) is 0. The zero-order chi connectivity index (χ0) is 7.56. The largest absolute Gasteiger partial charge is 0.296 e. The molecule has 0 saturated carbocycles. The number of nitrogens with zero attached hydrogens (tertiary/aromatic N) is 2. The summed E-state index contributed by atoms with van der Waals surface area (Å²) in [6.07, 6.45) is 0.555. The third-order valence-corrected chi connectivity index (χ3v) is 1.17.